The zero-order valence-electron chi connectivity index (χ0n) is 22.2. The minimum absolute atomic E-state index is 0.0223. The molecule has 0 radical (unpaired) electrons. The molecule has 206 valence electrons. The van der Waals surface area contributed by atoms with Crippen molar-refractivity contribution in [3.63, 3.8) is 0 Å². The molecule has 1 fully saturated rings. The van der Waals surface area contributed by atoms with Crippen molar-refractivity contribution in [2.75, 3.05) is 25.4 Å². The quantitative estimate of drug-likeness (QED) is 0.267. The predicted molar refractivity (Wildman–Crippen MR) is 142 cm³/mol. The molecule has 1 unspecified atom stereocenters. The molecule has 1 aliphatic heterocycles. The molecule has 9 heteroatoms. The third-order valence-electron chi connectivity index (χ3n) is 6.67. The van der Waals surface area contributed by atoms with E-state index in [0.717, 1.165) is 56.3 Å². The number of unbranched alkanes of at least 4 members (excludes halogenated alkanes) is 5. The van der Waals surface area contributed by atoms with E-state index in [-0.39, 0.29) is 49.8 Å². The Morgan fingerprint density at radius 3 is 2.41 bits per heavy atom. The van der Waals surface area contributed by atoms with E-state index in [1.165, 1.54) is 16.4 Å². The molecule has 1 aromatic carbocycles. The van der Waals surface area contributed by atoms with Crippen LogP contribution in [0.1, 0.15) is 75.4 Å². The Balaban J connectivity index is 1.72. The van der Waals surface area contributed by atoms with Crippen molar-refractivity contribution < 1.29 is 26.8 Å². The third-order valence-corrected chi connectivity index (χ3v) is 8.54. The van der Waals surface area contributed by atoms with Crippen molar-refractivity contribution in [1.29, 1.82) is 0 Å². The number of benzene rings is 1. The van der Waals surface area contributed by atoms with Crippen LogP contribution in [0, 0.1) is 12.7 Å². The maximum Gasteiger partial charge on any atom is 0.238 e. The van der Waals surface area contributed by atoms with E-state index in [2.05, 4.69) is 6.92 Å². The van der Waals surface area contributed by atoms with Crippen molar-refractivity contribution in [2.45, 2.75) is 84.4 Å². The second-order valence-electron chi connectivity index (χ2n) is 9.90. The first-order valence-corrected chi connectivity index (χ1v) is 15.0. The zero-order valence-corrected chi connectivity index (χ0v) is 23.0. The lowest BCUT2D eigenvalue weighted by molar-refractivity contribution is -0.133. The lowest BCUT2D eigenvalue weighted by atomic mass is 10.1. The average molecular weight is 537 g/mol. The summed E-state index contributed by atoms with van der Waals surface area (Å²) in [6, 6.07) is 9.59. The molecule has 0 bridgehead atoms. The van der Waals surface area contributed by atoms with Crippen molar-refractivity contribution in [1.82, 2.24) is 9.21 Å². The number of carbonyl (C=O) groups is 1. The minimum Gasteiger partial charge on any atom is -0.464 e. The Bertz CT molecular complexity index is 1060. The van der Waals surface area contributed by atoms with Gasteiger partial charge in [-0.15, -0.1) is 0 Å². The van der Waals surface area contributed by atoms with E-state index in [1.807, 2.05) is 13.0 Å². The lowest BCUT2D eigenvalue weighted by Gasteiger charge is -2.28. The molecule has 0 spiro atoms. The van der Waals surface area contributed by atoms with Crippen LogP contribution in [0.4, 0.5) is 4.39 Å². The SMILES string of the molecule is CCCCCCCCS(=O)(=O)N(CC(=O)N(Cc1ccc(F)cc1)Cc1ccc(C)o1)CC1CCCO1. The molecule has 0 aliphatic carbocycles. The average Bonchev–Trinajstić information content (AvgIpc) is 3.53. The Morgan fingerprint density at radius 1 is 1.03 bits per heavy atom. The number of carbonyl (C=O) groups excluding carboxylic acids is 1. The van der Waals surface area contributed by atoms with Gasteiger partial charge in [-0.1, -0.05) is 51.2 Å². The van der Waals surface area contributed by atoms with Crippen LogP contribution in [0.15, 0.2) is 40.8 Å². The van der Waals surface area contributed by atoms with E-state index in [0.29, 0.717) is 18.8 Å². The highest BCUT2D eigenvalue weighted by atomic mass is 32.2. The van der Waals surface area contributed by atoms with Gasteiger partial charge in [-0.3, -0.25) is 4.79 Å². The fraction of sp³-hybridized carbons (Fsp3) is 0.607. The summed E-state index contributed by atoms with van der Waals surface area (Å²) in [4.78, 5) is 15.1. The standard InChI is InChI=1S/C28H41FN2O5S/c1-3-4-5-6-7-8-18-37(33,34)31(21-26-10-9-17-35-26)22-28(32)30(20-27-16-11-23(2)36-27)19-24-12-14-25(29)15-13-24/h11-16,26H,3-10,17-22H2,1-2H3. The van der Waals surface area contributed by atoms with Crippen molar-refractivity contribution in [3.05, 3.63) is 59.3 Å². The number of hydrogen-bond donors (Lipinski definition) is 0. The van der Waals surface area contributed by atoms with Crippen molar-refractivity contribution in [3.8, 4) is 0 Å². The molecule has 3 rings (SSSR count). The van der Waals surface area contributed by atoms with Crippen LogP contribution in [0.25, 0.3) is 0 Å². The molecule has 2 aromatic rings. The van der Waals surface area contributed by atoms with Crippen LogP contribution in [0.2, 0.25) is 0 Å². The van der Waals surface area contributed by atoms with E-state index in [1.54, 1.807) is 23.1 Å². The van der Waals surface area contributed by atoms with Crippen LogP contribution in [0.5, 0.6) is 0 Å². The largest absolute Gasteiger partial charge is 0.464 e. The van der Waals surface area contributed by atoms with Crippen LogP contribution in [-0.4, -0.2) is 55.1 Å². The van der Waals surface area contributed by atoms with Gasteiger partial charge < -0.3 is 14.1 Å². The zero-order chi connectivity index (χ0) is 26.7. The van der Waals surface area contributed by atoms with Gasteiger partial charge in [-0.25, -0.2) is 12.8 Å². The van der Waals surface area contributed by atoms with Gasteiger partial charge in [0.15, 0.2) is 0 Å². The van der Waals surface area contributed by atoms with Gasteiger partial charge in [0.1, 0.15) is 17.3 Å². The fourth-order valence-corrected chi connectivity index (χ4v) is 6.06. The molecule has 37 heavy (non-hydrogen) atoms. The van der Waals surface area contributed by atoms with Gasteiger partial charge >= 0.3 is 0 Å². The summed E-state index contributed by atoms with van der Waals surface area (Å²) in [6.45, 7) is 4.90. The lowest BCUT2D eigenvalue weighted by Crippen LogP contribution is -2.46. The van der Waals surface area contributed by atoms with E-state index in [9.17, 15) is 17.6 Å². The molecule has 7 nitrogen and oxygen atoms in total. The molecule has 1 saturated heterocycles. The molecule has 0 N–H and O–H groups in total. The number of nitrogens with zero attached hydrogens (tertiary/aromatic N) is 2. The van der Waals surface area contributed by atoms with Gasteiger partial charge in [0.25, 0.3) is 0 Å². The summed E-state index contributed by atoms with van der Waals surface area (Å²) in [5, 5.41) is 0. The van der Waals surface area contributed by atoms with E-state index >= 15 is 0 Å². The van der Waals surface area contributed by atoms with Gasteiger partial charge in [0.2, 0.25) is 15.9 Å². The smallest absolute Gasteiger partial charge is 0.238 e. The molecular weight excluding hydrogens is 495 g/mol. The summed E-state index contributed by atoms with van der Waals surface area (Å²) in [7, 11) is -3.65. The van der Waals surface area contributed by atoms with E-state index in [4.69, 9.17) is 9.15 Å². The number of sulfonamides is 1. The Kier molecular flexibility index (Phi) is 11.6. The monoisotopic (exact) mass is 536 g/mol. The summed E-state index contributed by atoms with van der Waals surface area (Å²) < 4.78 is 52.9. The fourth-order valence-electron chi connectivity index (χ4n) is 4.54. The first-order chi connectivity index (χ1) is 17.8. The molecule has 1 aromatic heterocycles. The number of rotatable bonds is 16. The predicted octanol–water partition coefficient (Wildman–Crippen LogP) is 5.43. The first kappa shape index (κ1) is 29.3. The summed E-state index contributed by atoms with van der Waals surface area (Å²) in [6.07, 6.45) is 7.32. The number of hydrogen-bond acceptors (Lipinski definition) is 5. The molecular formula is C28H41FN2O5S. The molecule has 2 heterocycles. The van der Waals surface area contributed by atoms with Crippen molar-refractivity contribution in [2.24, 2.45) is 0 Å². The molecule has 0 saturated carbocycles. The first-order valence-electron chi connectivity index (χ1n) is 13.4. The van der Waals surface area contributed by atoms with Crippen LogP contribution in [-0.2, 0) is 32.6 Å². The highest BCUT2D eigenvalue weighted by molar-refractivity contribution is 7.89. The summed E-state index contributed by atoms with van der Waals surface area (Å²) in [5.41, 5.74) is 0.749. The number of halogens is 1. The molecule has 1 atom stereocenters. The maximum absolute atomic E-state index is 13.6. The van der Waals surface area contributed by atoms with Crippen LogP contribution in [0.3, 0.4) is 0 Å². The van der Waals surface area contributed by atoms with E-state index < -0.39 is 10.0 Å². The van der Waals surface area contributed by atoms with Crippen LogP contribution < -0.4 is 0 Å². The second kappa shape index (κ2) is 14.6. The maximum atomic E-state index is 13.6. The minimum atomic E-state index is -3.65. The van der Waals surface area contributed by atoms with Gasteiger partial charge in [0, 0.05) is 19.7 Å². The second-order valence-corrected chi connectivity index (χ2v) is 12.0. The highest BCUT2D eigenvalue weighted by Crippen LogP contribution is 2.19. The van der Waals surface area contributed by atoms with Gasteiger partial charge in [0.05, 0.1) is 24.9 Å². The summed E-state index contributed by atoms with van der Waals surface area (Å²) >= 11 is 0. The molecule has 1 amide bonds. The summed E-state index contributed by atoms with van der Waals surface area (Å²) in [5.74, 6) is 0.669. The Hall–Kier alpha value is -2.23. The number of furan rings is 1. The Morgan fingerprint density at radius 2 is 1.76 bits per heavy atom. The van der Waals surface area contributed by atoms with Crippen LogP contribution >= 0.6 is 0 Å². The third kappa shape index (κ3) is 9.87. The van der Waals surface area contributed by atoms with Crippen molar-refractivity contribution >= 4 is 15.9 Å². The number of ether oxygens (including phenoxy) is 1. The molecule has 1 aliphatic rings. The van der Waals surface area contributed by atoms with Gasteiger partial charge in [-0.2, -0.15) is 4.31 Å². The number of amides is 1. The Labute approximate surface area is 221 Å². The number of aryl methyl sites for hydroxylation is 1. The normalized spacial score (nSPS) is 15.9. The van der Waals surface area contributed by atoms with Gasteiger partial charge in [-0.05, 0) is 56.0 Å². The highest BCUT2D eigenvalue weighted by Gasteiger charge is 2.31. The topological polar surface area (TPSA) is 80.1 Å².